The number of benzene rings is 3. The van der Waals surface area contributed by atoms with E-state index in [4.69, 9.17) is 9.47 Å². The van der Waals surface area contributed by atoms with Gasteiger partial charge in [-0.3, -0.25) is 4.79 Å². The molecule has 0 aliphatic heterocycles. The zero-order valence-corrected chi connectivity index (χ0v) is 21.4. The summed E-state index contributed by atoms with van der Waals surface area (Å²) in [5, 5.41) is 0. The summed E-state index contributed by atoms with van der Waals surface area (Å²) in [6.07, 6.45) is 8.48. The Kier molecular flexibility index (Phi) is 10.5. The lowest BCUT2D eigenvalue weighted by molar-refractivity contribution is 0.0734. The molecule has 4 heteroatoms. The number of Topliss-reactive ketones (excluding diaryl/α,β-unsaturated/α-hetero) is 1. The quantitative estimate of drug-likeness (QED) is 0.0759. The predicted octanol–water partition coefficient (Wildman–Crippen LogP) is 8.32. The van der Waals surface area contributed by atoms with E-state index in [2.05, 4.69) is 6.58 Å². The smallest absolute Gasteiger partial charge is 0.343 e. The lowest BCUT2D eigenvalue weighted by atomic mass is 9.97. The molecule has 0 amide bonds. The van der Waals surface area contributed by atoms with Crippen LogP contribution >= 0.6 is 0 Å². The van der Waals surface area contributed by atoms with Crippen LogP contribution in [0.4, 0.5) is 0 Å². The first-order chi connectivity index (χ1) is 17.5. The molecule has 0 saturated heterocycles. The normalized spacial score (nSPS) is 11.5. The summed E-state index contributed by atoms with van der Waals surface area (Å²) < 4.78 is 11.3. The van der Waals surface area contributed by atoms with Crippen molar-refractivity contribution in [2.24, 2.45) is 5.92 Å². The third-order valence-corrected chi connectivity index (χ3v) is 6.29. The van der Waals surface area contributed by atoms with E-state index >= 15 is 0 Å². The highest BCUT2D eigenvalue weighted by Gasteiger charge is 2.14. The first-order valence-electron chi connectivity index (χ1n) is 12.8. The summed E-state index contributed by atoms with van der Waals surface area (Å²) in [5.41, 5.74) is 3.15. The molecule has 0 saturated carbocycles. The first-order valence-corrected chi connectivity index (χ1v) is 12.8. The minimum absolute atomic E-state index is 0.0249. The van der Waals surface area contributed by atoms with Gasteiger partial charge < -0.3 is 9.47 Å². The first kappa shape index (κ1) is 26.9. The minimum atomic E-state index is -0.434. The number of ketones is 1. The molecule has 0 bridgehead atoms. The van der Waals surface area contributed by atoms with Crippen LogP contribution in [0.1, 0.15) is 73.1 Å². The van der Waals surface area contributed by atoms with Crippen LogP contribution < -0.4 is 9.47 Å². The van der Waals surface area contributed by atoms with Gasteiger partial charge in [-0.25, -0.2) is 4.79 Å². The Labute approximate surface area is 215 Å². The molecule has 0 radical (unpaired) electrons. The molecule has 0 spiro atoms. The lowest BCUT2D eigenvalue weighted by Gasteiger charge is -2.09. The molecule has 188 valence electrons. The second kappa shape index (κ2) is 14.0. The molecule has 0 heterocycles. The SMILES string of the molecule is C=CCCCCCCOc1ccc(-c2ccc(C(=O)Oc3ccc(C(=O)C(C)CC)cc3)cc2)cc1. The van der Waals surface area contributed by atoms with Crippen molar-refractivity contribution >= 4 is 11.8 Å². The number of carbonyl (C=O) groups excluding carboxylic acids is 2. The average Bonchev–Trinajstić information content (AvgIpc) is 2.92. The van der Waals surface area contributed by atoms with Gasteiger partial charge in [0.2, 0.25) is 0 Å². The van der Waals surface area contributed by atoms with Gasteiger partial charge in [-0.15, -0.1) is 6.58 Å². The van der Waals surface area contributed by atoms with Gasteiger partial charge in [-0.05, 0) is 85.3 Å². The summed E-state index contributed by atoms with van der Waals surface area (Å²) in [6, 6.07) is 22.1. The number of carbonyl (C=O) groups is 2. The van der Waals surface area contributed by atoms with Gasteiger partial charge in [0.1, 0.15) is 11.5 Å². The standard InChI is InChI=1S/C32H36O4/c1-4-6-7-8-9-10-23-35-29-19-15-26(16-20-29)25-11-13-28(14-12-25)32(34)36-30-21-17-27(18-22-30)31(33)24(3)5-2/h4,11-22,24H,1,5-10,23H2,2-3H3. The predicted molar refractivity (Wildman–Crippen MR) is 146 cm³/mol. The van der Waals surface area contributed by atoms with Crippen molar-refractivity contribution in [2.45, 2.75) is 52.4 Å². The van der Waals surface area contributed by atoms with Crippen LogP contribution in [0.2, 0.25) is 0 Å². The Hall–Kier alpha value is -3.66. The van der Waals surface area contributed by atoms with Crippen molar-refractivity contribution in [2.75, 3.05) is 6.61 Å². The van der Waals surface area contributed by atoms with E-state index in [0.29, 0.717) is 16.9 Å². The fraction of sp³-hybridized carbons (Fsp3) is 0.312. The van der Waals surface area contributed by atoms with Crippen molar-refractivity contribution in [1.82, 2.24) is 0 Å². The maximum absolute atomic E-state index is 12.6. The largest absolute Gasteiger partial charge is 0.494 e. The molecule has 0 aliphatic rings. The van der Waals surface area contributed by atoms with E-state index in [1.165, 1.54) is 19.3 Å². The number of allylic oxidation sites excluding steroid dienone is 1. The number of ether oxygens (including phenoxy) is 2. The van der Waals surface area contributed by atoms with Gasteiger partial charge >= 0.3 is 5.97 Å². The molecule has 0 N–H and O–H groups in total. The van der Waals surface area contributed by atoms with Crippen LogP contribution in [0, 0.1) is 5.92 Å². The van der Waals surface area contributed by atoms with Crippen molar-refractivity contribution in [3.63, 3.8) is 0 Å². The van der Waals surface area contributed by atoms with Gasteiger partial charge in [0.15, 0.2) is 5.78 Å². The summed E-state index contributed by atoms with van der Waals surface area (Å²) in [4.78, 5) is 24.8. The highest BCUT2D eigenvalue weighted by Crippen LogP contribution is 2.24. The van der Waals surface area contributed by atoms with Crippen molar-refractivity contribution in [1.29, 1.82) is 0 Å². The van der Waals surface area contributed by atoms with Gasteiger partial charge in [0, 0.05) is 11.5 Å². The number of rotatable bonds is 14. The molecule has 36 heavy (non-hydrogen) atoms. The highest BCUT2D eigenvalue weighted by atomic mass is 16.5. The zero-order valence-electron chi connectivity index (χ0n) is 21.4. The number of hydrogen-bond acceptors (Lipinski definition) is 4. The molecule has 3 rings (SSSR count). The topological polar surface area (TPSA) is 52.6 Å². The minimum Gasteiger partial charge on any atom is -0.494 e. The van der Waals surface area contributed by atoms with Crippen LogP contribution in [-0.4, -0.2) is 18.4 Å². The van der Waals surface area contributed by atoms with E-state index in [-0.39, 0.29) is 11.7 Å². The van der Waals surface area contributed by atoms with Gasteiger partial charge in [0.25, 0.3) is 0 Å². The van der Waals surface area contributed by atoms with Crippen LogP contribution in [0.5, 0.6) is 11.5 Å². The Balaban J connectivity index is 1.50. The molecule has 1 unspecified atom stereocenters. The van der Waals surface area contributed by atoms with Crippen molar-refractivity contribution in [3.05, 3.63) is 96.6 Å². The summed E-state index contributed by atoms with van der Waals surface area (Å²) in [6.45, 7) is 8.38. The van der Waals surface area contributed by atoms with Gasteiger partial charge in [-0.2, -0.15) is 0 Å². The van der Waals surface area contributed by atoms with Gasteiger partial charge in [0.05, 0.1) is 12.2 Å². The molecule has 0 aliphatic carbocycles. The van der Waals surface area contributed by atoms with Crippen LogP contribution in [0.3, 0.4) is 0 Å². The summed E-state index contributed by atoms with van der Waals surface area (Å²) in [7, 11) is 0. The second-order valence-corrected chi connectivity index (χ2v) is 9.03. The Morgan fingerprint density at radius 2 is 1.33 bits per heavy atom. The highest BCUT2D eigenvalue weighted by molar-refractivity contribution is 5.98. The molecule has 3 aromatic rings. The molecule has 0 fully saturated rings. The van der Waals surface area contributed by atoms with E-state index in [1.807, 2.05) is 56.3 Å². The molecule has 4 nitrogen and oxygen atoms in total. The van der Waals surface area contributed by atoms with Crippen LogP contribution in [-0.2, 0) is 0 Å². The van der Waals surface area contributed by atoms with Crippen LogP contribution in [0.25, 0.3) is 11.1 Å². The fourth-order valence-corrected chi connectivity index (χ4v) is 3.80. The van der Waals surface area contributed by atoms with E-state index in [9.17, 15) is 9.59 Å². The Morgan fingerprint density at radius 3 is 1.94 bits per heavy atom. The van der Waals surface area contributed by atoms with Crippen LogP contribution in [0.15, 0.2) is 85.5 Å². The number of esters is 1. The zero-order chi connectivity index (χ0) is 25.8. The average molecular weight is 485 g/mol. The van der Waals surface area contributed by atoms with Crippen molar-refractivity contribution < 1.29 is 19.1 Å². The summed E-state index contributed by atoms with van der Waals surface area (Å²) in [5.74, 6) is 0.915. The third kappa shape index (κ3) is 7.94. The van der Waals surface area contributed by atoms with Gasteiger partial charge in [-0.1, -0.05) is 57.0 Å². The second-order valence-electron chi connectivity index (χ2n) is 9.03. The fourth-order valence-electron chi connectivity index (χ4n) is 3.80. The number of hydrogen-bond donors (Lipinski definition) is 0. The molecule has 0 aromatic heterocycles. The van der Waals surface area contributed by atoms with Crippen molar-refractivity contribution in [3.8, 4) is 22.6 Å². The Bertz CT molecular complexity index is 1110. The summed E-state index contributed by atoms with van der Waals surface area (Å²) >= 11 is 0. The van der Waals surface area contributed by atoms with E-state index < -0.39 is 5.97 Å². The molecular weight excluding hydrogens is 448 g/mol. The van der Waals surface area contributed by atoms with E-state index in [1.54, 1.807) is 36.4 Å². The number of unbranched alkanes of at least 4 members (excludes halogenated alkanes) is 4. The maximum Gasteiger partial charge on any atom is 0.343 e. The maximum atomic E-state index is 12.6. The molecule has 3 aromatic carbocycles. The Morgan fingerprint density at radius 1 is 0.778 bits per heavy atom. The third-order valence-electron chi connectivity index (χ3n) is 6.29. The molecule has 1 atom stereocenters. The monoisotopic (exact) mass is 484 g/mol. The molecular formula is C32H36O4. The lowest BCUT2D eigenvalue weighted by Crippen LogP contribution is -2.11. The van der Waals surface area contributed by atoms with E-state index in [0.717, 1.165) is 42.7 Å².